The smallest absolute Gasteiger partial charge is 0.293 e. The molecule has 108 valence electrons. The minimum Gasteiger partial charge on any atom is -0.468 e. The van der Waals surface area contributed by atoms with Crippen LogP contribution < -0.4 is 0 Å². The zero-order valence-corrected chi connectivity index (χ0v) is 12.5. The average molecular weight is 256 g/mol. The molecule has 0 saturated carbocycles. The van der Waals surface area contributed by atoms with Crippen LogP contribution in [0.1, 0.15) is 84.5 Å². The molecule has 0 aliphatic carbocycles. The topological polar surface area (TPSA) is 26.3 Å². The van der Waals surface area contributed by atoms with Gasteiger partial charge in [0.05, 0.1) is 6.61 Å². The Hall–Kier alpha value is -0.530. The van der Waals surface area contributed by atoms with Gasteiger partial charge < -0.3 is 4.74 Å². The Labute approximate surface area is 113 Å². The summed E-state index contributed by atoms with van der Waals surface area (Å²) in [4.78, 5) is 10.3. The maximum Gasteiger partial charge on any atom is 0.293 e. The molecule has 0 aliphatic rings. The van der Waals surface area contributed by atoms with E-state index < -0.39 is 0 Å². The van der Waals surface area contributed by atoms with Gasteiger partial charge in [0.15, 0.2) is 0 Å². The SMILES string of the molecule is CCCCCCCC(CCCCCC)COC=O. The molecule has 1 unspecified atom stereocenters. The van der Waals surface area contributed by atoms with E-state index >= 15 is 0 Å². The third-order valence-electron chi connectivity index (χ3n) is 3.58. The predicted octanol–water partition coefficient (Wildman–Crippen LogP) is 5.11. The highest BCUT2D eigenvalue weighted by molar-refractivity contribution is 5.36. The van der Waals surface area contributed by atoms with Gasteiger partial charge in [-0.15, -0.1) is 0 Å². The van der Waals surface area contributed by atoms with Crippen molar-refractivity contribution in [3.05, 3.63) is 0 Å². The Morgan fingerprint density at radius 3 is 1.83 bits per heavy atom. The van der Waals surface area contributed by atoms with Gasteiger partial charge in [0.1, 0.15) is 0 Å². The van der Waals surface area contributed by atoms with Crippen LogP contribution >= 0.6 is 0 Å². The van der Waals surface area contributed by atoms with Crippen molar-refractivity contribution >= 4 is 6.47 Å². The fourth-order valence-corrected chi connectivity index (χ4v) is 2.38. The molecule has 0 aromatic heterocycles. The van der Waals surface area contributed by atoms with Crippen LogP contribution in [0.2, 0.25) is 0 Å². The van der Waals surface area contributed by atoms with Gasteiger partial charge in [0.25, 0.3) is 6.47 Å². The number of unbranched alkanes of at least 4 members (excludes halogenated alkanes) is 7. The molecule has 2 heteroatoms. The lowest BCUT2D eigenvalue weighted by molar-refractivity contribution is -0.130. The van der Waals surface area contributed by atoms with Crippen molar-refractivity contribution in [3.63, 3.8) is 0 Å². The molecule has 1 atom stereocenters. The summed E-state index contributed by atoms with van der Waals surface area (Å²) in [7, 11) is 0. The van der Waals surface area contributed by atoms with Crippen LogP contribution in [0.15, 0.2) is 0 Å². The van der Waals surface area contributed by atoms with Gasteiger partial charge in [-0.25, -0.2) is 0 Å². The molecular formula is C16H32O2. The third-order valence-corrected chi connectivity index (χ3v) is 3.58. The summed E-state index contributed by atoms with van der Waals surface area (Å²) < 4.78 is 4.95. The zero-order valence-electron chi connectivity index (χ0n) is 12.5. The van der Waals surface area contributed by atoms with E-state index in [9.17, 15) is 4.79 Å². The van der Waals surface area contributed by atoms with Crippen molar-refractivity contribution in [2.24, 2.45) is 5.92 Å². The first-order valence-corrected chi connectivity index (χ1v) is 7.90. The molecule has 18 heavy (non-hydrogen) atoms. The number of hydrogen-bond donors (Lipinski definition) is 0. The highest BCUT2D eigenvalue weighted by atomic mass is 16.5. The molecule has 0 aliphatic heterocycles. The van der Waals surface area contributed by atoms with Crippen LogP contribution in [-0.4, -0.2) is 13.1 Å². The van der Waals surface area contributed by atoms with E-state index in [1.54, 1.807) is 0 Å². The molecule has 2 nitrogen and oxygen atoms in total. The third kappa shape index (κ3) is 11.9. The fourth-order valence-electron chi connectivity index (χ4n) is 2.38. The number of carbonyl (C=O) groups is 1. The molecular weight excluding hydrogens is 224 g/mol. The summed E-state index contributed by atoms with van der Waals surface area (Å²) in [6.45, 7) is 5.70. The first-order valence-electron chi connectivity index (χ1n) is 7.90. The van der Waals surface area contributed by atoms with Gasteiger partial charge in [0, 0.05) is 0 Å². The van der Waals surface area contributed by atoms with E-state index in [1.807, 2.05) is 0 Å². The monoisotopic (exact) mass is 256 g/mol. The predicted molar refractivity (Wildman–Crippen MR) is 77.6 cm³/mol. The first-order chi connectivity index (χ1) is 8.85. The number of hydrogen-bond acceptors (Lipinski definition) is 2. The summed E-state index contributed by atoms with van der Waals surface area (Å²) in [5.74, 6) is 0.591. The molecule has 0 spiro atoms. The maximum absolute atomic E-state index is 10.3. The van der Waals surface area contributed by atoms with Crippen molar-refractivity contribution < 1.29 is 9.53 Å². The van der Waals surface area contributed by atoms with Crippen molar-refractivity contribution in [2.45, 2.75) is 84.5 Å². The molecule has 0 heterocycles. The van der Waals surface area contributed by atoms with Crippen LogP contribution in [0.5, 0.6) is 0 Å². The highest BCUT2D eigenvalue weighted by Gasteiger charge is 2.08. The number of rotatable bonds is 14. The largest absolute Gasteiger partial charge is 0.468 e. The highest BCUT2D eigenvalue weighted by Crippen LogP contribution is 2.18. The molecule has 0 rings (SSSR count). The van der Waals surface area contributed by atoms with Crippen molar-refractivity contribution in [1.82, 2.24) is 0 Å². The zero-order chi connectivity index (χ0) is 13.5. The van der Waals surface area contributed by atoms with Gasteiger partial charge in [0.2, 0.25) is 0 Å². The van der Waals surface area contributed by atoms with E-state index in [0.717, 1.165) is 0 Å². The molecule has 0 radical (unpaired) electrons. The second kappa shape index (κ2) is 14.5. The minimum absolute atomic E-state index is 0.591. The lowest BCUT2D eigenvalue weighted by Gasteiger charge is -2.15. The Morgan fingerprint density at radius 2 is 1.33 bits per heavy atom. The van der Waals surface area contributed by atoms with Crippen LogP contribution in [0, 0.1) is 5.92 Å². The summed E-state index contributed by atoms with van der Waals surface area (Å²) in [5.41, 5.74) is 0. The summed E-state index contributed by atoms with van der Waals surface area (Å²) in [5, 5.41) is 0. The summed E-state index contributed by atoms with van der Waals surface area (Å²) in [6.07, 6.45) is 14.3. The lowest BCUT2D eigenvalue weighted by Crippen LogP contribution is -2.09. The van der Waals surface area contributed by atoms with Gasteiger partial charge in [-0.2, -0.15) is 0 Å². The van der Waals surface area contributed by atoms with E-state index in [4.69, 9.17) is 4.74 Å². The van der Waals surface area contributed by atoms with E-state index in [2.05, 4.69) is 13.8 Å². The Balaban J connectivity index is 3.59. The normalized spacial score (nSPS) is 12.3. The second-order valence-electron chi connectivity index (χ2n) is 5.35. The lowest BCUT2D eigenvalue weighted by atomic mass is 9.95. The Morgan fingerprint density at radius 1 is 0.833 bits per heavy atom. The standard InChI is InChI=1S/C16H32O2/c1-3-5-7-9-11-13-16(14-18-15-17)12-10-8-6-4-2/h15-16H,3-14H2,1-2H3. The molecule has 0 aromatic carbocycles. The number of carbonyl (C=O) groups excluding carboxylic acids is 1. The van der Waals surface area contributed by atoms with Gasteiger partial charge >= 0.3 is 0 Å². The van der Waals surface area contributed by atoms with Crippen LogP contribution in [-0.2, 0) is 9.53 Å². The second-order valence-corrected chi connectivity index (χ2v) is 5.35. The Kier molecular flexibility index (Phi) is 14.1. The van der Waals surface area contributed by atoms with Crippen molar-refractivity contribution in [2.75, 3.05) is 6.61 Å². The van der Waals surface area contributed by atoms with E-state index in [0.29, 0.717) is 19.0 Å². The molecule has 0 aromatic rings. The van der Waals surface area contributed by atoms with E-state index in [1.165, 1.54) is 70.6 Å². The van der Waals surface area contributed by atoms with E-state index in [-0.39, 0.29) is 0 Å². The van der Waals surface area contributed by atoms with Gasteiger partial charge in [-0.05, 0) is 18.8 Å². The average Bonchev–Trinajstić information content (AvgIpc) is 2.39. The molecule has 0 amide bonds. The summed E-state index contributed by atoms with van der Waals surface area (Å²) in [6, 6.07) is 0. The van der Waals surface area contributed by atoms with Crippen molar-refractivity contribution in [1.29, 1.82) is 0 Å². The molecule has 0 N–H and O–H groups in total. The first kappa shape index (κ1) is 17.5. The van der Waals surface area contributed by atoms with Crippen LogP contribution in [0.4, 0.5) is 0 Å². The van der Waals surface area contributed by atoms with Crippen LogP contribution in [0.3, 0.4) is 0 Å². The molecule has 0 fully saturated rings. The van der Waals surface area contributed by atoms with Gasteiger partial charge in [-0.1, -0.05) is 71.6 Å². The van der Waals surface area contributed by atoms with Gasteiger partial charge in [-0.3, -0.25) is 4.79 Å². The molecule has 0 bridgehead atoms. The Bertz CT molecular complexity index is 168. The molecule has 0 saturated heterocycles. The number of ether oxygens (including phenoxy) is 1. The maximum atomic E-state index is 10.3. The summed E-state index contributed by atoms with van der Waals surface area (Å²) >= 11 is 0. The van der Waals surface area contributed by atoms with Crippen molar-refractivity contribution in [3.8, 4) is 0 Å². The minimum atomic E-state index is 0.591. The quantitative estimate of drug-likeness (QED) is 0.319. The fraction of sp³-hybridized carbons (Fsp3) is 0.938. The van der Waals surface area contributed by atoms with Crippen LogP contribution in [0.25, 0.3) is 0 Å².